The first-order valence-corrected chi connectivity index (χ1v) is 11.3. The number of amides is 1. The number of hydrogen-bond donors (Lipinski definition) is 3. The Bertz CT molecular complexity index is 1400. The topological polar surface area (TPSA) is 97.1 Å². The Kier molecular flexibility index (Phi) is 5.97. The molecule has 1 saturated heterocycles. The van der Waals surface area contributed by atoms with Gasteiger partial charge < -0.3 is 20.1 Å². The number of carbonyl (C=O) groups excluding carboxylic acids is 1. The van der Waals surface area contributed by atoms with Gasteiger partial charge in [-0.1, -0.05) is 42.5 Å². The normalized spacial score (nSPS) is 14.7. The molecule has 0 bridgehead atoms. The molecule has 3 heterocycles. The number of piperazine rings is 1. The quantitative estimate of drug-likeness (QED) is 0.429. The second-order valence-corrected chi connectivity index (χ2v) is 8.44. The molecule has 0 unspecified atom stereocenters. The number of anilines is 2. The molecular formula is C26H26N6O2. The van der Waals surface area contributed by atoms with Gasteiger partial charge in [-0.3, -0.25) is 14.7 Å². The predicted molar refractivity (Wildman–Crippen MR) is 136 cm³/mol. The Hall–Kier alpha value is -4.17. The van der Waals surface area contributed by atoms with Crippen LogP contribution in [0.25, 0.3) is 23.1 Å². The summed E-state index contributed by atoms with van der Waals surface area (Å²) in [6.45, 7) is 3.57. The van der Waals surface area contributed by atoms with Gasteiger partial charge in [0.1, 0.15) is 5.69 Å². The highest BCUT2D eigenvalue weighted by Crippen LogP contribution is 2.33. The van der Waals surface area contributed by atoms with Crippen LogP contribution in [0.2, 0.25) is 0 Å². The lowest BCUT2D eigenvalue weighted by molar-refractivity contribution is 0.102. The van der Waals surface area contributed by atoms with Crippen LogP contribution in [0.1, 0.15) is 21.7 Å². The third-order valence-corrected chi connectivity index (χ3v) is 6.05. The maximum atomic E-state index is 13.0. The van der Waals surface area contributed by atoms with Gasteiger partial charge in [-0.25, -0.2) is 0 Å². The number of hydrogen-bond acceptors (Lipinski definition) is 5. The molecular weight excluding hydrogens is 428 g/mol. The molecule has 2 aromatic carbocycles. The van der Waals surface area contributed by atoms with Crippen molar-refractivity contribution in [3.63, 3.8) is 0 Å². The molecule has 0 spiro atoms. The molecule has 5 rings (SSSR count). The Morgan fingerprint density at radius 2 is 1.79 bits per heavy atom. The summed E-state index contributed by atoms with van der Waals surface area (Å²) in [5.41, 5.74) is 4.27. The summed E-state index contributed by atoms with van der Waals surface area (Å²) in [4.78, 5) is 31.8. The van der Waals surface area contributed by atoms with Crippen molar-refractivity contribution in [1.29, 1.82) is 0 Å². The van der Waals surface area contributed by atoms with E-state index >= 15 is 0 Å². The summed E-state index contributed by atoms with van der Waals surface area (Å²) in [5.74, 6) is -0.364. The van der Waals surface area contributed by atoms with Crippen LogP contribution < -0.4 is 15.8 Å². The summed E-state index contributed by atoms with van der Waals surface area (Å²) in [5, 5.41) is 11.6. The van der Waals surface area contributed by atoms with Crippen molar-refractivity contribution in [2.24, 2.45) is 0 Å². The maximum Gasteiger partial charge on any atom is 0.272 e. The van der Waals surface area contributed by atoms with Gasteiger partial charge >= 0.3 is 0 Å². The summed E-state index contributed by atoms with van der Waals surface area (Å²) >= 11 is 0. The number of benzene rings is 2. The number of H-pyrrole nitrogens is 2. The highest BCUT2D eigenvalue weighted by atomic mass is 16.2. The number of carbonyl (C=O) groups is 1. The minimum absolute atomic E-state index is 0.216. The van der Waals surface area contributed by atoms with Gasteiger partial charge in [0.25, 0.3) is 5.91 Å². The first-order chi connectivity index (χ1) is 16.6. The van der Waals surface area contributed by atoms with E-state index in [4.69, 9.17) is 0 Å². The van der Waals surface area contributed by atoms with E-state index in [-0.39, 0.29) is 17.2 Å². The molecule has 0 radical (unpaired) electrons. The predicted octanol–water partition coefficient (Wildman–Crippen LogP) is 3.43. The maximum absolute atomic E-state index is 13.0. The van der Waals surface area contributed by atoms with E-state index in [1.54, 1.807) is 12.1 Å². The Morgan fingerprint density at radius 1 is 1.00 bits per heavy atom. The zero-order chi connectivity index (χ0) is 23.5. The molecule has 0 atom stereocenters. The average Bonchev–Trinajstić information content (AvgIpc) is 3.25. The van der Waals surface area contributed by atoms with Crippen molar-refractivity contribution in [2.75, 3.05) is 43.4 Å². The summed E-state index contributed by atoms with van der Waals surface area (Å²) in [7, 11) is 2.11. The second-order valence-electron chi connectivity index (χ2n) is 8.44. The van der Waals surface area contributed by atoms with E-state index in [2.05, 4.69) is 37.3 Å². The van der Waals surface area contributed by atoms with E-state index in [1.165, 1.54) is 6.07 Å². The number of likely N-dealkylation sites (N-methyl/N-ethyl adjacent to an activating group) is 1. The lowest BCUT2D eigenvalue weighted by Crippen LogP contribution is -2.44. The van der Waals surface area contributed by atoms with Crippen LogP contribution in [0.15, 0.2) is 65.5 Å². The van der Waals surface area contributed by atoms with Gasteiger partial charge in [0.05, 0.1) is 22.6 Å². The molecule has 0 aliphatic carbocycles. The van der Waals surface area contributed by atoms with Crippen LogP contribution in [0.4, 0.5) is 11.4 Å². The van der Waals surface area contributed by atoms with Crippen molar-refractivity contribution in [3.8, 4) is 0 Å². The number of fused-ring (bicyclic) bond motifs is 1. The largest absolute Gasteiger partial charge is 0.367 e. The van der Waals surface area contributed by atoms with E-state index in [1.807, 2.05) is 54.6 Å². The summed E-state index contributed by atoms with van der Waals surface area (Å²) in [6, 6.07) is 18.6. The minimum Gasteiger partial charge on any atom is -0.367 e. The summed E-state index contributed by atoms with van der Waals surface area (Å²) in [6.07, 6.45) is 3.97. The Balaban J connectivity index is 1.53. The standard InChI is InChI=1S/C26H26N6O2/c1-31-12-14-32(15-13-31)24-17-22-19(20(29-30-22)11-10-18-6-3-2-4-7-18)16-23(24)28-26(34)21-8-5-9-25(33)27-21/h2-11,16-17H,12-15H2,1H3,(H,27,33)(H,28,34)(H,29,30)/b11-10+. The molecule has 1 fully saturated rings. The molecule has 0 saturated carbocycles. The Morgan fingerprint density at radius 3 is 2.56 bits per heavy atom. The molecule has 3 N–H and O–H groups in total. The third-order valence-electron chi connectivity index (χ3n) is 6.05. The van der Waals surface area contributed by atoms with Crippen molar-refractivity contribution >= 4 is 40.3 Å². The molecule has 172 valence electrons. The number of nitrogens with zero attached hydrogens (tertiary/aromatic N) is 3. The van der Waals surface area contributed by atoms with Crippen molar-refractivity contribution in [2.45, 2.75) is 0 Å². The van der Waals surface area contributed by atoms with Crippen LogP contribution in [0.3, 0.4) is 0 Å². The molecule has 34 heavy (non-hydrogen) atoms. The van der Waals surface area contributed by atoms with Crippen LogP contribution in [0, 0.1) is 0 Å². The van der Waals surface area contributed by atoms with Gasteiger partial charge in [-0.2, -0.15) is 5.10 Å². The second kappa shape index (κ2) is 9.36. The number of nitrogens with one attached hydrogen (secondary N) is 3. The number of aromatic nitrogens is 3. The fourth-order valence-electron chi connectivity index (χ4n) is 4.12. The fourth-order valence-corrected chi connectivity index (χ4v) is 4.12. The van der Waals surface area contributed by atoms with Gasteiger partial charge in [0.2, 0.25) is 5.56 Å². The number of rotatable bonds is 5. The van der Waals surface area contributed by atoms with E-state index < -0.39 is 0 Å². The van der Waals surface area contributed by atoms with E-state index in [0.29, 0.717) is 5.69 Å². The van der Waals surface area contributed by atoms with Gasteiger partial charge in [0.15, 0.2) is 0 Å². The van der Waals surface area contributed by atoms with Gasteiger partial charge in [0, 0.05) is 37.6 Å². The van der Waals surface area contributed by atoms with Gasteiger partial charge in [-0.15, -0.1) is 0 Å². The molecule has 8 nitrogen and oxygen atoms in total. The first-order valence-electron chi connectivity index (χ1n) is 11.3. The van der Waals surface area contributed by atoms with Crippen molar-refractivity contribution in [1.82, 2.24) is 20.1 Å². The smallest absolute Gasteiger partial charge is 0.272 e. The molecule has 1 aliphatic rings. The zero-order valence-electron chi connectivity index (χ0n) is 18.9. The lowest BCUT2D eigenvalue weighted by atomic mass is 10.1. The van der Waals surface area contributed by atoms with Crippen LogP contribution in [-0.4, -0.2) is 59.2 Å². The highest BCUT2D eigenvalue weighted by molar-refractivity contribution is 6.07. The zero-order valence-corrected chi connectivity index (χ0v) is 18.9. The third kappa shape index (κ3) is 4.62. The Labute approximate surface area is 196 Å². The van der Waals surface area contributed by atoms with E-state index in [9.17, 15) is 9.59 Å². The summed E-state index contributed by atoms with van der Waals surface area (Å²) < 4.78 is 0. The SMILES string of the molecule is CN1CCN(c2cc3[nH]nc(/C=C/c4ccccc4)c3cc2NC(=O)c2cccc(=O)[nH]2)CC1. The highest BCUT2D eigenvalue weighted by Gasteiger charge is 2.21. The molecule has 4 aromatic rings. The fraction of sp³-hybridized carbons (Fsp3) is 0.192. The van der Waals surface area contributed by atoms with Crippen molar-refractivity contribution in [3.05, 3.63) is 88.0 Å². The molecule has 8 heteroatoms. The van der Waals surface area contributed by atoms with E-state index in [0.717, 1.165) is 54.0 Å². The number of pyridine rings is 1. The first kappa shape index (κ1) is 21.7. The van der Waals surface area contributed by atoms with Crippen LogP contribution in [-0.2, 0) is 0 Å². The molecule has 1 aliphatic heterocycles. The van der Waals surface area contributed by atoms with Crippen LogP contribution >= 0.6 is 0 Å². The van der Waals surface area contributed by atoms with Gasteiger partial charge in [-0.05, 0) is 36.9 Å². The van der Waals surface area contributed by atoms with Crippen molar-refractivity contribution < 1.29 is 4.79 Å². The monoisotopic (exact) mass is 454 g/mol. The molecule has 1 amide bonds. The minimum atomic E-state index is -0.364. The lowest BCUT2D eigenvalue weighted by Gasteiger charge is -2.35. The average molecular weight is 455 g/mol. The molecule has 2 aromatic heterocycles. The number of aromatic amines is 2. The van der Waals surface area contributed by atoms with Crippen LogP contribution in [0.5, 0.6) is 0 Å².